The molecule has 0 aliphatic heterocycles. The number of fused-ring (bicyclic) bond motifs is 1. The zero-order valence-corrected chi connectivity index (χ0v) is 22.7. The Morgan fingerprint density at radius 1 is 0.946 bits per heavy atom. The van der Waals surface area contributed by atoms with E-state index in [1.165, 1.54) is 4.57 Å². The fourth-order valence-corrected chi connectivity index (χ4v) is 4.46. The summed E-state index contributed by atoms with van der Waals surface area (Å²) < 4.78 is 1.37. The summed E-state index contributed by atoms with van der Waals surface area (Å²) in [6.07, 6.45) is 1.68. The first kappa shape index (κ1) is 26.8. The number of pyridine rings is 1. The van der Waals surface area contributed by atoms with Crippen molar-refractivity contribution < 1.29 is 4.79 Å². The highest BCUT2D eigenvalue weighted by Crippen LogP contribution is 2.27. The van der Waals surface area contributed by atoms with Gasteiger partial charge in [0.2, 0.25) is 5.91 Å². The molecule has 0 fully saturated rings. The van der Waals surface area contributed by atoms with Crippen LogP contribution in [0.2, 0.25) is 10.0 Å². The van der Waals surface area contributed by atoms with Crippen molar-refractivity contribution in [1.29, 1.82) is 0 Å². The first-order chi connectivity index (χ1) is 17.6. The Hall–Kier alpha value is -3.26. The zero-order valence-electron chi connectivity index (χ0n) is 21.2. The zero-order chi connectivity index (χ0) is 26.7. The van der Waals surface area contributed by atoms with Gasteiger partial charge in [0, 0.05) is 46.0 Å². The van der Waals surface area contributed by atoms with Crippen LogP contribution >= 0.6 is 23.2 Å². The molecule has 0 aliphatic rings. The minimum atomic E-state index is -0.364. The fraction of sp³-hybridized carbons (Fsp3) is 0.286. The number of amides is 1. The number of benzene rings is 2. The van der Waals surface area contributed by atoms with Crippen LogP contribution in [0.5, 0.6) is 0 Å². The van der Waals surface area contributed by atoms with E-state index in [4.69, 9.17) is 23.2 Å². The molecule has 0 unspecified atom stereocenters. The third-order valence-electron chi connectivity index (χ3n) is 5.65. The van der Waals surface area contributed by atoms with Crippen LogP contribution in [-0.2, 0) is 17.9 Å². The number of carbonyl (C=O) groups excluding carboxylic acids is 1. The van der Waals surface area contributed by atoms with E-state index in [0.29, 0.717) is 39.4 Å². The number of rotatable bonds is 8. The maximum atomic E-state index is 13.8. The van der Waals surface area contributed by atoms with Crippen molar-refractivity contribution in [3.63, 3.8) is 0 Å². The molecule has 0 radical (unpaired) electrons. The molecule has 0 saturated heterocycles. The monoisotopic (exact) mass is 537 g/mol. The van der Waals surface area contributed by atoms with Crippen LogP contribution in [0.25, 0.3) is 33.5 Å². The van der Waals surface area contributed by atoms with Crippen molar-refractivity contribution in [2.24, 2.45) is 0 Å². The molecular formula is C28H29Cl2N5O2. The van der Waals surface area contributed by atoms with Crippen LogP contribution in [0, 0.1) is 0 Å². The van der Waals surface area contributed by atoms with E-state index < -0.39 is 0 Å². The molecule has 1 amide bonds. The molecular weight excluding hydrogens is 509 g/mol. The molecule has 192 valence electrons. The average molecular weight is 538 g/mol. The summed E-state index contributed by atoms with van der Waals surface area (Å²) in [6, 6.07) is 14.8. The standard InChI is InChI=1S/C28H29Cl2N5O2/c1-16(2)31-13-18-8-20(11-23(30)9-18)21-12-24-26(32-14-21)34-27(19-6-5-7-22(29)10-19)35(28(24)37)15-25(36)33-17(3)4/h5-12,14,16-17,31H,13,15H2,1-4H3,(H,33,36). The van der Waals surface area contributed by atoms with Gasteiger partial charge < -0.3 is 10.6 Å². The van der Waals surface area contributed by atoms with E-state index in [0.717, 1.165) is 16.7 Å². The highest BCUT2D eigenvalue weighted by atomic mass is 35.5. The maximum Gasteiger partial charge on any atom is 0.263 e. The molecule has 0 aliphatic carbocycles. The molecule has 0 spiro atoms. The highest BCUT2D eigenvalue weighted by molar-refractivity contribution is 6.31. The number of hydrogen-bond donors (Lipinski definition) is 2. The third kappa shape index (κ3) is 6.55. The van der Waals surface area contributed by atoms with E-state index in [1.807, 2.05) is 32.0 Å². The lowest BCUT2D eigenvalue weighted by molar-refractivity contribution is -0.122. The van der Waals surface area contributed by atoms with Gasteiger partial charge in [0.1, 0.15) is 12.4 Å². The van der Waals surface area contributed by atoms with E-state index in [9.17, 15) is 9.59 Å². The largest absolute Gasteiger partial charge is 0.352 e. The normalized spacial score (nSPS) is 11.5. The Morgan fingerprint density at radius 2 is 1.70 bits per heavy atom. The van der Waals surface area contributed by atoms with Gasteiger partial charge in [0.15, 0.2) is 5.65 Å². The molecule has 2 aromatic heterocycles. The SMILES string of the molecule is CC(C)NCc1cc(Cl)cc(-c2cnc3nc(-c4cccc(Cl)c4)n(CC(=O)NC(C)C)c(=O)c3c2)c1. The van der Waals surface area contributed by atoms with E-state index in [1.54, 1.807) is 36.5 Å². The molecule has 2 N–H and O–H groups in total. The van der Waals surface area contributed by atoms with Crippen LogP contribution in [0.4, 0.5) is 0 Å². The van der Waals surface area contributed by atoms with Gasteiger partial charge in [-0.3, -0.25) is 14.2 Å². The average Bonchev–Trinajstić information content (AvgIpc) is 2.83. The molecule has 0 atom stereocenters. The van der Waals surface area contributed by atoms with Crippen molar-refractivity contribution >= 4 is 40.1 Å². The van der Waals surface area contributed by atoms with Gasteiger partial charge in [0.25, 0.3) is 5.56 Å². The smallest absolute Gasteiger partial charge is 0.263 e. The van der Waals surface area contributed by atoms with Gasteiger partial charge in [-0.25, -0.2) is 9.97 Å². The summed E-state index contributed by atoms with van der Waals surface area (Å²) in [5.41, 5.74) is 3.13. The fourth-order valence-electron chi connectivity index (χ4n) is 4.01. The molecule has 4 rings (SSSR count). The van der Waals surface area contributed by atoms with E-state index in [-0.39, 0.29) is 29.7 Å². The Morgan fingerprint density at radius 3 is 2.41 bits per heavy atom. The summed E-state index contributed by atoms with van der Waals surface area (Å²) in [4.78, 5) is 35.6. The summed E-state index contributed by atoms with van der Waals surface area (Å²) in [6.45, 7) is 8.36. The van der Waals surface area contributed by atoms with E-state index in [2.05, 4.69) is 34.4 Å². The summed E-state index contributed by atoms with van der Waals surface area (Å²) in [5, 5.41) is 7.62. The number of aromatic nitrogens is 3. The van der Waals surface area contributed by atoms with Gasteiger partial charge in [-0.05, 0) is 61.4 Å². The highest BCUT2D eigenvalue weighted by Gasteiger charge is 2.18. The summed E-state index contributed by atoms with van der Waals surface area (Å²) >= 11 is 12.6. The minimum Gasteiger partial charge on any atom is -0.352 e. The first-order valence-corrected chi connectivity index (χ1v) is 12.9. The Bertz CT molecular complexity index is 1510. The minimum absolute atomic E-state index is 0.0679. The van der Waals surface area contributed by atoms with Crippen molar-refractivity contribution in [3.8, 4) is 22.5 Å². The molecule has 0 bridgehead atoms. The van der Waals surface area contributed by atoms with Crippen LogP contribution < -0.4 is 16.2 Å². The van der Waals surface area contributed by atoms with Gasteiger partial charge in [-0.2, -0.15) is 0 Å². The molecule has 37 heavy (non-hydrogen) atoms. The third-order valence-corrected chi connectivity index (χ3v) is 6.10. The Kier molecular flexibility index (Phi) is 8.27. The predicted molar refractivity (Wildman–Crippen MR) is 150 cm³/mol. The van der Waals surface area contributed by atoms with Crippen LogP contribution in [-0.4, -0.2) is 32.5 Å². The van der Waals surface area contributed by atoms with Crippen molar-refractivity contribution in [2.45, 2.75) is 52.9 Å². The second kappa shape index (κ2) is 11.4. The molecule has 7 nitrogen and oxygen atoms in total. The number of hydrogen-bond acceptors (Lipinski definition) is 5. The van der Waals surface area contributed by atoms with Gasteiger partial charge >= 0.3 is 0 Å². The quantitative estimate of drug-likeness (QED) is 0.311. The van der Waals surface area contributed by atoms with Crippen LogP contribution in [0.1, 0.15) is 33.3 Å². The van der Waals surface area contributed by atoms with Crippen LogP contribution in [0.15, 0.2) is 59.5 Å². The lowest BCUT2D eigenvalue weighted by atomic mass is 10.0. The van der Waals surface area contributed by atoms with Gasteiger partial charge in [0.05, 0.1) is 5.39 Å². The topological polar surface area (TPSA) is 88.9 Å². The number of nitrogens with one attached hydrogen (secondary N) is 2. The van der Waals surface area contributed by atoms with Crippen molar-refractivity contribution in [2.75, 3.05) is 0 Å². The maximum absolute atomic E-state index is 13.8. The van der Waals surface area contributed by atoms with Gasteiger partial charge in [-0.1, -0.05) is 49.2 Å². The summed E-state index contributed by atoms with van der Waals surface area (Å²) in [7, 11) is 0. The summed E-state index contributed by atoms with van der Waals surface area (Å²) in [5.74, 6) is 0.0340. The molecule has 4 aromatic rings. The lowest BCUT2D eigenvalue weighted by Gasteiger charge is -2.15. The number of halogens is 2. The second-order valence-corrected chi connectivity index (χ2v) is 10.4. The molecule has 2 aromatic carbocycles. The molecule has 9 heteroatoms. The second-order valence-electron chi connectivity index (χ2n) is 9.54. The van der Waals surface area contributed by atoms with Crippen molar-refractivity contribution in [1.82, 2.24) is 25.2 Å². The molecule has 0 saturated carbocycles. The molecule has 2 heterocycles. The number of carbonyl (C=O) groups is 1. The predicted octanol–water partition coefficient (Wildman–Crippen LogP) is 5.45. The van der Waals surface area contributed by atoms with Gasteiger partial charge in [-0.15, -0.1) is 0 Å². The van der Waals surface area contributed by atoms with Crippen molar-refractivity contribution in [3.05, 3.63) is 80.7 Å². The Labute approximate surface area is 225 Å². The first-order valence-electron chi connectivity index (χ1n) is 12.1. The number of nitrogens with zero attached hydrogens (tertiary/aromatic N) is 3. The van der Waals surface area contributed by atoms with Crippen LogP contribution in [0.3, 0.4) is 0 Å². The lowest BCUT2D eigenvalue weighted by Crippen LogP contribution is -2.37. The van der Waals surface area contributed by atoms with E-state index >= 15 is 0 Å². The Balaban J connectivity index is 1.85.